The lowest BCUT2D eigenvalue weighted by atomic mass is 9.97. The monoisotopic (exact) mass is 257 g/mol. The Bertz CT molecular complexity index is 435. The molecule has 2 unspecified atom stereocenters. The fraction of sp³-hybridized carbons (Fsp3) is 0.273. The molecule has 0 aromatic heterocycles. The molecule has 2 atom stereocenters. The number of rotatable bonds is 5. The van der Waals surface area contributed by atoms with Crippen LogP contribution in [-0.4, -0.2) is 28.5 Å². The molecular formula is C11H12ClNO4. The number of carbonyl (C=O) groups excluding carboxylic acids is 2. The van der Waals surface area contributed by atoms with E-state index in [2.05, 4.69) is 0 Å². The van der Waals surface area contributed by atoms with Crippen molar-refractivity contribution in [2.75, 3.05) is 0 Å². The Kier molecular flexibility index (Phi) is 4.62. The summed E-state index contributed by atoms with van der Waals surface area (Å²) in [7, 11) is 0. The van der Waals surface area contributed by atoms with Gasteiger partial charge in [0.05, 0.1) is 17.5 Å². The summed E-state index contributed by atoms with van der Waals surface area (Å²) in [5.74, 6) is -0.744. The van der Waals surface area contributed by atoms with Gasteiger partial charge in [-0.15, -0.1) is 0 Å². The van der Waals surface area contributed by atoms with Crippen molar-refractivity contribution in [1.82, 2.24) is 0 Å². The molecule has 0 saturated heterocycles. The Labute approximate surface area is 103 Å². The van der Waals surface area contributed by atoms with Gasteiger partial charge in [0, 0.05) is 5.56 Å². The first-order chi connectivity index (χ1) is 7.97. The Hall–Kier alpha value is -1.43. The van der Waals surface area contributed by atoms with Crippen LogP contribution in [0.5, 0.6) is 0 Å². The second-order valence-electron chi connectivity index (χ2n) is 3.54. The van der Waals surface area contributed by atoms with E-state index in [1.807, 2.05) is 0 Å². The highest BCUT2D eigenvalue weighted by molar-refractivity contribution is 6.33. The van der Waals surface area contributed by atoms with Crippen LogP contribution in [0.3, 0.4) is 0 Å². The Balaban J connectivity index is 3.03. The first-order valence-corrected chi connectivity index (χ1v) is 5.23. The Morgan fingerprint density at radius 2 is 2.12 bits per heavy atom. The summed E-state index contributed by atoms with van der Waals surface area (Å²) >= 11 is 5.77. The minimum Gasteiger partial charge on any atom is -0.390 e. The molecule has 17 heavy (non-hydrogen) atoms. The van der Waals surface area contributed by atoms with E-state index in [4.69, 9.17) is 17.3 Å². The lowest BCUT2D eigenvalue weighted by Gasteiger charge is -2.18. The SMILES string of the molecule is NC(=O)CC(O)C(O)c1cccc(Cl)c1C=O. The van der Waals surface area contributed by atoms with Gasteiger partial charge in [-0.25, -0.2) is 0 Å². The predicted molar refractivity (Wildman–Crippen MR) is 61.6 cm³/mol. The van der Waals surface area contributed by atoms with Crippen LogP contribution in [-0.2, 0) is 4.79 Å². The average molecular weight is 258 g/mol. The second-order valence-corrected chi connectivity index (χ2v) is 3.95. The van der Waals surface area contributed by atoms with Crippen LogP contribution in [0, 0.1) is 0 Å². The molecule has 0 aliphatic rings. The van der Waals surface area contributed by atoms with Gasteiger partial charge in [-0.2, -0.15) is 0 Å². The highest BCUT2D eigenvalue weighted by atomic mass is 35.5. The first kappa shape index (κ1) is 13.6. The van der Waals surface area contributed by atoms with Crippen LogP contribution in [0.15, 0.2) is 18.2 Å². The topological polar surface area (TPSA) is 101 Å². The molecule has 0 radical (unpaired) electrons. The molecule has 0 saturated carbocycles. The van der Waals surface area contributed by atoms with E-state index in [0.717, 1.165) is 0 Å². The normalized spacial score (nSPS) is 14.1. The maximum atomic E-state index is 10.8. The summed E-state index contributed by atoms with van der Waals surface area (Å²) in [5.41, 5.74) is 5.16. The van der Waals surface area contributed by atoms with Crippen molar-refractivity contribution in [3.63, 3.8) is 0 Å². The molecule has 6 heteroatoms. The van der Waals surface area contributed by atoms with Crippen LogP contribution in [0.2, 0.25) is 5.02 Å². The first-order valence-electron chi connectivity index (χ1n) is 4.85. The number of nitrogens with two attached hydrogens (primary N) is 1. The van der Waals surface area contributed by atoms with Crippen LogP contribution in [0.1, 0.15) is 28.4 Å². The highest BCUT2D eigenvalue weighted by Crippen LogP contribution is 2.26. The molecule has 0 aliphatic carbocycles. The van der Waals surface area contributed by atoms with Crippen molar-refractivity contribution >= 4 is 23.8 Å². The van der Waals surface area contributed by atoms with E-state index in [9.17, 15) is 19.8 Å². The summed E-state index contributed by atoms with van der Waals surface area (Å²) in [5, 5.41) is 19.5. The smallest absolute Gasteiger partial charge is 0.220 e. The largest absolute Gasteiger partial charge is 0.390 e. The van der Waals surface area contributed by atoms with E-state index < -0.39 is 24.5 Å². The Morgan fingerprint density at radius 3 is 2.65 bits per heavy atom. The maximum absolute atomic E-state index is 10.8. The van der Waals surface area contributed by atoms with Crippen molar-refractivity contribution in [2.45, 2.75) is 18.6 Å². The van der Waals surface area contributed by atoms with Gasteiger partial charge in [-0.3, -0.25) is 9.59 Å². The van der Waals surface area contributed by atoms with Crippen LogP contribution >= 0.6 is 11.6 Å². The molecular weight excluding hydrogens is 246 g/mol. The fourth-order valence-electron chi connectivity index (χ4n) is 1.46. The quantitative estimate of drug-likeness (QED) is 0.666. The lowest BCUT2D eigenvalue weighted by Crippen LogP contribution is -2.26. The summed E-state index contributed by atoms with van der Waals surface area (Å²) in [6, 6.07) is 4.47. The lowest BCUT2D eigenvalue weighted by molar-refractivity contribution is -0.121. The van der Waals surface area contributed by atoms with Crippen molar-refractivity contribution in [3.8, 4) is 0 Å². The zero-order valence-electron chi connectivity index (χ0n) is 8.84. The van der Waals surface area contributed by atoms with E-state index in [-0.39, 0.29) is 16.1 Å². The number of aldehydes is 1. The van der Waals surface area contributed by atoms with Gasteiger partial charge in [-0.1, -0.05) is 23.7 Å². The third kappa shape index (κ3) is 3.26. The number of carbonyl (C=O) groups is 2. The minimum atomic E-state index is -1.39. The van der Waals surface area contributed by atoms with Gasteiger partial charge in [0.1, 0.15) is 6.10 Å². The standard InChI is InChI=1S/C11H12ClNO4/c12-8-3-1-2-6(7(8)5-14)11(17)9(15)4-10(13)16/h1-3,5,9,11,15,17H,4H2,(H2,13,16). The minimum absolute atomic E-state index is 0.0881. The number of aliphatic hydroxyl groups excluding tert-OH is 2. The molecule has 0 fully saturated rings. The number of hydrogen-bond acceptors (Lipinski definition) is 4. The Morgan fingerprint density at radius 1 is 1.47 bits per heavy atom. The summed E-state index contributed by atoms with van der Waals surface area (Å²) in [6.45, 7) is 0. The molecule has 5 nitrogen and oxygen atoms in total. The van der Waals surface area contributed by atoms with Crippen LogP contribution in [0.4, 0.5) is 0 Å². The number of amides is 1. The van der Waals surface area contributed by atoms with Crippen molar-refractivity contribution in [1.29, 1.82) is 0 Å². The molecule has 1 aromatic carbocycles. The molecule has 1 amide bonds. The molecule has 4 N–H and O–H groups in total. The van der Waals surface area contributed by atoms with Gasteiger partial charge in [0.2, 0.25) is 5.91 Å². The zero-order chi connectivity index (χ0) is 13.0. The number of hydrogen-bond donors (Lipinski definition) is 3. The molecule has 92 valence electrons. The van der Waals surface area contributed by atoms with E-state index in [0.29, 0.717) is 6.29 Å². The van der Waals surface area contributed by atoms with Crippen molar-refractivity contribution < 1.29 is 19.8 Å². The molecule has 0 heterocycles. The van der Waals surface area contributed by atoms with Gasteiger partial charge in [0.25, 0.3) is 0 Å². The molecule has 1 rings (SSSR count). The van der Waals surface area contributed by atoms with Gasteiger partial charge >= 0.3 is 0 Å². The number of aliphatic hydroxyl groups is 2. The molecule has 1 aromatic rings. The van der Waals surface area contributed by atoms with Gasteiger partial charge in [0.15, 0.2) is 6.29 Å². The summed E-state index contributed by atoms with van der Waals surface area (Å²) < 4.78 is 0. The van der Waals surface area contributed by atoms with Crippen LogP contribution < -0.4 is 5.73 Å². The third-order valence-electron chi connectivity index (χ3n) is 2.30. The fourth-order valence-corrected chi connectivity index (χ4v) is 1.69. The molecule has 0 aliphatic heterocycles. The van der Waals surface area contributed by atoms with Gasteiger partial charge in [-0.05, 0) is 11.6 Å². The number of primary amides is 1. The molecule has 0 bridgehead atoms. The van der Waals surface area contributed by atoms with Gasteiger partial charge < -0.3 is 15.9 Å². The summed E-state index contributed by atoms with van der Waals surface area (Å²) in [4.78, 5) is 21.5. The van der Waals surface area contributed by atoms with Crippen molar-refractivity contribution in [2.24, 2.45) is 5.73 Å². The van der Waals surface area contributed by atoms with E-state index >= 15 is 0 Å². The number of benzene rings is 1. The van der Waals surface area contributed by atoms with Crippen LogP contribution in [0.25, 0.3) is 0 Å². The number of halogens is 1. The zero-order valence-corrected chi connectivity index (χ0v) is 9.59. The third-order valence-corrected chi connectivity index (χ3v) is 2.63. The van der Waals surface area contributed by atoms with E-state index in [1.54, 1.807) is 0 Å². The average Bonchev–Trinajstić information content (AvgIpc) is 2.26. The summed E-state index contributed by atoms with van der Waals surface area (Å²) in [6.07, 6.45) is -2.67. The maximum Gasteiger partial charge on any atom is 0.220 e. The molecule has 0 spiro atoms. The van der Waals surface area contributed by atoms with Crippen molar-refractivity contribution in [3.05, 3.63) is 34.3 Å². The van der Waals surface area contributed by atoms with E-state index in [1.165, 1.54) is 18.2 Å². The second kappa shape index (κ2) is 5.77. The predicted octanol–water partition coefficient (Wildman–Crippen LogP) is 0.422. The highest BCUT2D eigenvalue weighted by Gasteiger charge is 2.23.